The van der Waals surface area contributed by atoms with Gasteiger partial charge >= 0.3 is 5.97 Å². The van der Waals surface area contributed by atoms with Crippen molar-refractivity contribution >= 4 is 11.8 Å². The molecule has 100 valence electrons. The van der Waals surface area contributed by atoms with Crippen molar-refractivity contribution < 1.29 is 9.90 Å². The van der Waals surface area contributed by atoms with Crippen LogP contribution in [0.15, 0.2) is 6.07 Å². The van der Waals surface area contributed by atoms with Gasteiger partial charge in [0.05, 0.1) is 5.92 Å². The monoisotopic (exact) mass is 251 g/mol. The zero-order chi connectivity index (χ0) is 13.7. The first kappa shape index (κ1) is 14.4. The minimum atomic E-state index is -0.782. The quantitative estimate of drug-likeness (QED) is 0.836. The van der Waals surface area contributed by atoms with E-state index in [1.54, 1.807) is 6.92 Å². The molecule has 1 atom stereocenters. The second-order valence-electron chi connectivity index (χ2n) is 4.40. The van der Waals surface area contributed by atoms with E-state index in [9.17, 15) is 4.79 Å². The van der Waals surface area contributed by atoms with Crippen molar-refractivity contribution in [2.24, 2.45) is 5.92 Å². The summed E-state index contributed by atoms with van der Waals surface area (Å²) in [6.07, 6.45) is 0.850. The van der Waals surface area contributed by atoms with Crippen LogP contribution in [0.2, 0.25) is 0 Å². The molecule has 0 saturated carbocycles. The van der Waals surface area contributed by atoms with Gasteiger partial charge in [-0.05, 0) is 20.3 Å². The lowest BCUT2D eigenvalue weighted by Gasteiger charge is -2.24. The number of nitrogens with zero attached hydrogens (tertiary/aromatic N) is 3. The number of anilines is 1. The van der Waals surface area contributed by atoms with Crippen molar-refractivity contribution in [2.45, 2.75) is 34.1 Å². The van der Waals surface area contributed by atoms with Gasteiger partial charge in [-0.2, -0.15) is 0 Å². The van der Waals surface area contributed by atoms with Crippen LogP contribution in [0.3, 0.4) is 0 Å². The van der Waals surface area contributed by atoms with E-state index in [-0.39, 0.29) is 0 Å². The van der Waals surface area contributed by atoms with Gasteiger partial charge in [0.2, 0.25) is 0 Å². The Balaban J connectivity index is 2.94. The fourth-order valence-electron chi connectivity index (χ4n) is 1.75. The van der Waals surface area contributed by atoms with Crippen molar-refractivity contribution in [3.63, 3.8) is 0 Å². The van der Waals surface area contributed by atoms with Crippen LogP contribution in [0, 0.1) is 12.8 Å². The average molecular weight is 251 g/mol. The normalized spacial score (nSPS) is 12.2. The molecule has 0 aliphatic carbocycles. The lowest BCUT2D eigenvalue weighted by atomic mass is 10.1. The van der Waals surface area contributed by atoms with Gasteiger partial charge in [0, 0.05) is 24.8 Å². The summed E-state index contributed by atoms with van der Waals surface area (Å²) >= 11 is 0. The van der Waals surface area contributed by atoms with Gasteiger partial charge < -0.3 is 10.0 Å². The Hall–Kier alpha value is -1.65. The fraction of sp³-hybridized carbons (Fsp3) is 0.615. The molecule has 0 aliphatic rings. The predicted octanol–water partition coefficient (Wildman–Crippen LogP) is 1.89. The van der Waals surface area contributed by atoms with Crippen LogP contribution in [0.25, 0.3) is 0 Å². The molecule has 0 radical (unpaired) electrons. The van der Waals surface area contributed by atoms with E-state index in [0.717, 1.165) is 30.3 Å². The van der Waals surface area contributed by atoms with Crippen molar-refractivity contribution in [3.05, 3.63) is 17.6 Å². The molecule has 18 heavy (non-hydrogen) atoms. The second-order valence-corrected chi connectivity index (χ2v) is 4.40. The number of aryl methyl sites for hydroxylation is 2. The Morgan fingerprint density at radius 1 is 1.44 bits per heavy atom. The van der Waals surface area contributed by atoms with Crippen LogP contribution in [0.1, 0.15) is 32.3 Å². The first-order chi connectivity index (χ1) is 8.47. The molecule has 5 heteroatoms. The Labute approximate surface area is 108 Å². The zero-order valence-corrected chi connectivity index (χ0v) is 11.5. The topological polar surface area (TPSA) is 66.3 Å². The molecule has 1 unspecified atom stereocenters. The summed E-state index contributed by atoms with van der Waals surface area (Å²) in [7, 11) is 0. The van der Waals surface area contributed by atoms with Gasteiger partial charge in [-0.25, -0.2) is 9.97 Å². The molecule has 0 amide bonds. The minimum Gasteiger partial charge on any atom is -0.481 e. The first-order valence-corrected chi connectivity index (χ1v) is 6.30. The Morgan fingerprint density at radius 3 is 2.61 bits per heavy atom. The molecule has 5 nitrogen and oxygen atoms in total. The van der Waals surface area contributed by atoms with Gasteiger partial charge in [-0.15, -0.1) is 0 Å². The molecule has 1 rings (SSSR count). The predicted molar refractivity (Wildman–Crippen MR) is 70.8 cm³/mol. The molecule has 0 aliphatic heterocycles. The lowest BCUT2D eigenvalue weighted by Crippen LogP contribution is -2.32. The van der Waals surface area contributed by atoms with Crippen LogP contribution < -0.4 is 4.90 Å². The van der Waals surface area contributed by atoms with Gasteiger partial charge in [-0.1, -0.05) is 13.8 Å². The molecule has 1 heterocycles. The minimum absolute atomic E-state index is 0.412. The van der Waals surface area contributed by atoms with Crippen molar-refractivity contribution in [2.75, 3.05) is 18.0 Å². The molecule has 0 spiro atoms. The van der Waals surface area contributed by atoms with Gasteiger partial charge in [0.25, 0.3) is 0 Å². The van der Waals surface area contributed by atoms with Crippen LogP contribution in [0.4, 0.5) is 5.82 Å². The zero-order valence-electron chi connectivity index (χ0n) is 11.5. The Bertz CT molecular complexity index is 421. The molecule has 0 saturated heterocycles. The van der Waals surface area contributed by atoms with E-state index in [1.165, 1.54) is 0 Å². The van der Waals surface area contributed by atoms with Crippen molar-refractivity contribution in [1.82, 2.24) is 9.97 Å². The van der Waals surface area contributed by atoms with E-state index in [4.69, 9.17) is 5.11 Å². The average Bonchev–Trinajstić information content (AvgIpc) is 2.34. The van der Waals surface area contributed by atoms with Crippen LogP contribution in [0.5, 0.6) is 0 Å². The number of aliphatic carboxylic acids is 1. The number of hydrogen-bond acceptors (Lipinski definition) is 4. The van der Waals surface area contributed by atoms with Gasteiger partial charge in [0.15, 0.2) is 0 Å². The molecular formula is C13H21N3O2. The molecule has 1 N–H and O–H groups in total. The van der Waals surface area contributed by atoms with Gasteiger partial charge in [0.1, 0.15) is 11.6 Å². The standard InChI is InChI=1S/C13H21N3O2/c1-5-11-7-12(15-10(4)14-11)16(6-2)8-9(3)13(17)18/h7,9H,5-6,8H2,1-4H3,(H,17,18). The summed E-state index contributed by atoms with van der Waals surface area (Å²) in [5, 5.41) is 8.97. The molecule has 1 aromatic heterocycles. The van der Waals surface area contributed by atoms with Crippen LogP contribution >= 0.6 is 0 Å². The summed E-state index contributed by atoms with van der Waals surface area (Å²) in [4.78, 5) is 21.6. The van der Waals surface area contributed by atoms with Crippen LogP contribution in [-0.4, -0.2) is 34.1 Å². The summed E-state index contributed by atoms with van der Waals surface area (Å²) in [6, 6.07) is 1.94. The maximum absolute atomic E-state index is 10.9. The molecular weight excluding hydrogens is 230 g/mol. The summed E-state index contributed by atoms with van der Waals surface area (Å²) in [5.74, 6) is 0.348. The highest BCUT2D eigenvalue weighted by Crippen LogP contribution is 2.15. The van der Waals surface area contributed by atoms with E-state index in [1.807, 2.05) is 31.7 Å². The highest BCUT2D eigenvalue weighted by atomic mass is 16.4. The number of aromatic nitrogens is 2. The summed E-state index contributed by atoms with van der Waals surface area (Å²) < 4.78 is 0. The number of hydrogen-bond donors (Lipinski definition) is 1. The fourth-order valence-corrected chi connectivity index (χ4v) is 1.75. The largest absolute Gasteiger partial charge is 0.481 e. The molecule has 1 aromatic rings. The smallest absolute Gasteiger partial charge is 0.308 e. The number of rotatable bonds is 6. The third-order valence-corrected chi connectivity index (χ3v) is 2.86. The van der Waals surface area contributed by atoms with E-state index in [2.05, 4.69) is 9.97 Å². The molecule has 0 bridgehead atoms. The number of carboxylic acids is 1. The summed E-state index contributed by atoms with van der Waals surface area (Å²) in [5.41, 5.74) is 0.985. The summed E-state index contributed by atoms with van der Waals surface area (Å²) in [6.45, 7) is 8.80. The second kappa shape index (κ2) is 6.33. The lowest BCUT2D eigenvalue weighted by molar-refractivity contribution is -0.140. The number of carbonyl (C=O) groups is 1. The first-order valence-electron chi connectivity index (χ1n) is 6.30. The van der Waals surface area contributed by atoms with E-state index >= 15 is 0 Å². The third-order valence-electron chi connectivity index (χ3n) is 2.86. The van der Waals surface area contributed by atoms with Crippen LogP contribution in [-0.2, 0) is 11.2 Å². The highest BCUT2D eigenvalue weighted by Gasteiger charge is 2.17. The molecule has 0 fully saturated rings. The van der Waals surface area contributed by atoms with Crippen molar-refractivity contribution in [3.8, 4) is 0 Å². The number of carboxylic acid groups (broad SMARTS) is 1. The SMILES string of the molecule is CCc1cc(N(CC)CC(C)C(=O)O)nc(C)n1. The van der Waals surface area contributed by atoms with E-state index in [0.29, 0.717) is 6.54 Å². The van der Waals surface area contributed by atoms with E-state index < -0.39 is 11.9 Å². The maximum atomic E-state index is 10.9. The third kappa shape index (κ3) is 3.68. The Morgan fingerprint density at radius 2 is 2.11 bits per heavy atom. The van der Waals surface area contributed by atoms with Crippen molar-refractivity contribution in [1.29, 1.82) is 0 Å². The maximum Gasteiger partial charge on any atom is 0.308 e. The Kier molecular flexibility index (Phi) is 5.07. The molecule has 0 aromatic carbocycles. The highest BCUT2D eigenvalue weighted by molar-refractivity contribution is 5.70. The van der Waals surface area contributed by atoms with Gasteiger partial charge in [-0.3, -0.25) is 4.79 Å².